The van der Waals surface area contributed by atoms with Gasteiger partial charge >= 0.3 is 5.97 Å². The van der Waals surface area contributed by atoms with Crippen molar-refractivity contribution in [2.75, 3.05) is 11.9 Å². The molecule has 2 aromatic heterocycles. The van der Waals surface area contributed by atoms with E-state index in [-0.39, 0.29) is 12.4 Å². The fraction of sp³-hybridized carbons (Fsp3) is 0.130. The van der Waals surface area contributed by atoms with Gasteiger partial charge in [0.25, 0.3) is 5.91 Å². The van der Waals surface area contributed by atoms with Gasteiger partial charge in [0, 0.05) is 20.3 Å². The van der Waals surface area contributed by atoms with Crippen LogP contribution in [0.4, 0.5) is 5.00 Å². The standard InChI is InChI=1S/C23H18BrNO4S/c1-3-28-23(27)20-19(14-7-5-4-6-8-14)13(2)30-22(20)25-21(26)18-12-15-11-16(24)9-10-17(15)29-18/h4-12H,3H2,1-2H3,(H,25,26). The number of nitrogens with one attached hydrogen (secondary N) is 1. The molecule has 1 N–H and O–H groups in total. The number of aryl methyl sites for hydroxylation is 1. The quantitative estimate of drug-likeness (QED) is 0.322. The van der Waals surface area contributed by atoms with Crippen molar-refractivity contribution in [2.24, 2.45) is 0 Å². The first kappa shape index (κ1) is 20.4. The molecule has 0 aliphatic rings. The predicted octanol–water partition coefficient (Wildman–Crippen LogP) is 6.66. The topological polar surface area (TPSA) is 68.5 Å². The number of furan rings is 1. The molecule has 0 saturated heterocycles. The number of anilines is 1. The first-order valence-corrected chi connectivity index (χ1v) is 10.9. The van der Waals surface area contributed by atoms with Crippen LogP contribution >= 0.6 is 27.3 Å². The molecule has 0 spiro atoms. The molecule has 1 amide bonds. The molecule has 0 saturated carbocycles. The van der Waals surface area contributed by atoms with Crippen LogP contribution in [0, 0.1) is 6.92 Å². The van der Waals surface area contributed by atoms with Crippen molar-refractivity contribution in [3.63, 3.8) is 0 Å². The summed E-state index contributed by atoms with van der Waals surface area (Å²) >= 11 is 4.75. The molecular weight excluding hydrogens is 466 g/mol. The molecule has 4 aromatic rings. The summed E-state index contributed by atoms with van der Waals surface area (Å²) < 4.78 is 11.9. The summed E-state index contributed by atoms with van der Waals surface area (Å²) in [6.45, 7) is 3.92. The number of halogens is 1. The zero-order valence-electron chi connectivity index (χ0n) is 16.3. The van der Waals surface area contributed by atoms with Crippen LogP contribution in [0.15, 0.2) is 63.5 Å². The highest BCUT2D eigenvalue weighted by Gasteiger charge is 2.26. The van der Waals surface area contributed by atoms with Crippen LogP contribution in [0.3, 0.4) is 0 Å². The molecule has 0 aliphatic carbocycles. The maximum atomic E-state index is 12.9. The number of hydrogen-bond donors (Lipinski definition) is 1. The van der Waals surface area contributed by atoms with Crippen LogP contribution < -0.4 is 5.32 Å². The molecule has 0 aliphatic heterocycles. The van der Waals surface area contributed by atoms with Gasteiger partial charge in [0.05, 0.1) is 6.61 Å². The SMILES string of the molecule is CCOC(=O)c1c(NC(=O)c2cc3cc(Br)ccc3o2)sc(C)c1-c1ccccc1. The van der Waals surface area contributed by atoms with Crippen LogP contribution in [-0.2, 0) is 4.74 Å². The number of esters is 1. The number of ether oxygens (including phenoxy) is 1. The lowest BCUT2D eigenvalue weighted by Crippen LogP contribution is -2.14. The summed E-state index contributed by atoms with van der Waals surface area (Å²) in [5.41, 5.74) is 2.63. The van der Waals surface area contributed by atoms with Crippen molar-refractivity contribution in [3.8, 4) is 11.1 Å². The molecule has 2 heterocycles. The van der Waals surface area contributed by atoms with Gasteiger partial charge in [0.1, 0.15) is 16.1 Å². The maximum absolute atomic E-state index is 12.9. The van der Waals surface area contributed by atoms with E-state index in [1.807, 2.05) is 49.4 Å². The van der Waals surface area contributed by atoms with Crippen LogP contribution in [0.2, 0.25) is 0 Å². The largest absolute Gasteiger partial charge is 0.462 e. The smallest absolute Gasteiger partial charge is 0.341 e. The van der Waals surface area contributed by atoms with Gasteiger partial charge in [-0.05, 0) is 43.7 Å². The van der Waals surface area contributed by atoms with Gasteiger partial charge in [-0.25, -0.2) is 4.79 Å². The molecule has 0 fully saturated rings. The van der Waals surface area contributed by atoms with Crippen LogP contribution in [0.5, 0.6) is 0 Å². The Balaban J connectivity index is 1.74. The van der Waals surface area contributed by atoms with Gasteiger partial charge in [-0.3, -0.25) is 4.79 Å². The molecular formula is C23H18BrNO4S. The zero-order chi connectivity index (χ0) is 21.3. The number of thiophene rings is 1. The number of hydrogen-bond acceptors (Lipinski definition) is 5. The number of carbonyl (C=O) groups excluding carboxylic acids is 2. The van der Waals surface area contributed by atoms with Crippen molar-refractivity contribution in [2.45, 2.75) is 13.8 Å². The Morgan fingerprint density at radius 3 is 2.63 bits per heavy atom. The van der Waals surface area contributed by atoms with E-state index in [9.17, 15) is 9.59 Å². The summed E-state index contributed by atoms with van der Waals surface area (Å²) in [7, 11) is 0. The minimum absolute atomic E-state index is 0.172. The number of rotatable bonds is 5. The second kappa shape index (κ2) is 8.45. The minimum Gasteiger partial charge on any atom is -0.462 e. The van der Waals surface area contributed by atoms with E-state index >= 15 is 0 Å². The first-order chi connectivity index (χ1) is 14.5. The molecule has 4 rings (SSSR count). The monoisotopic (exact) mass is 483 g/mol. The summed E-state index contributed by atoms with van der Waals surface area (Å²) in [6.07, 6.45) is 0. The Labute approximate surface area is 185 Å². The predicted molar refractivity (Wildman–Crippen MR) is 122 cm³/mol. The number of carbonyl (C=O) groups is 2. The molecule has 2 aromatic carbocycles. The third kappa shape index (κ3) is 3.91. The average Bonchev–Trinajstić information content (AvgIpc) is 3.29. The highest BCUT2D eigenvalue weighted by Crippen LogP contribution is 2.40. The summed E-state index contributed by atoms with van der Waals surface area (Å²) in [5, 5.41) is 4.10. The van der Waals surface area contributed by atoms with Crippen molar-refractivity contribution in [1.29, 1.82) is 0 Å². The van der Waals surface area contributed by atoms with E-state index in [1.54, 1.807) is 19.1 Å². The highest BCUT2D eigenvalue weighted by atomic mass is 79.9. The zero-order valence-corrected chi connectivity index (χ0v) is 18.7. The molecule has 30 heavy (non-hydrogen) atoms. The van der Waals surface area contributed by atoms with E-state index in [0.29, 0.717) is 16.1 Å². The van der Waals surface area contributed by atoms with Crippen molar-refractivity contribution in [1.82, 2.24) is 0 Å². The molecule has 0 unspecified atom stereocenters. The van der Waals surface area contributed by atoms with Gasteiger partial charge in [0.2, 0.25) is 0 Å². The Bertz CT molecular complexity index is 1240. The average molecular weight is 484 g/mol. The minimum atomic E-state index is -0.468. The molecule has 7 heteroatoms. The maximum Gasteiger partial charge on any atom is 0.341 e. The van der Waals surface area contributed by atoms with Gasteiger partial charge < -0.3 is 14.5 Å². The summed E-state index contributed by atoms with van der Waals surface area (Å²) in [6, 6.07) is 16.8. The fourth-order valence-electron chi connectivity index (χ4n) is 3.27. The lowest BCUT2D eigenvalue weighted by Gasteiger charge is -2.08. The summed E-state index contributed by atoms with van der Waals surface area (Å²) in [5.74, 6) is -0.719. The third-order valence-electron chi connectivity index (χ3n) is 4.56. The first-order valence-electron chi connectivity index (χ1n) is 9.34. The molecule has 5 nitrogen and oxygen atoms in total. The van der Waals surface area contributed by atoms with Gasteiger partial charge in [-0.15, -0.1) is 11.3 Å². The van der Waals surface area contributed by atoms with Gasteiger partial charge in [-0.1, -0.05) is 46.3 Å². The van der Waals surface area contributed by atoms with Crippen molar-refractivity contribution < 1.29 is 18.7 Å². The van der Waals surface area contributed by atoms with Gasteiger partial charge in [-0.2, -0.15) is 0 Å². The Kier molecular flexibility index (Phi) is 5.74. The Hall–Kier alpha value is -2.90. The highest BCUT2D eigenvalue weighted by molar-refractivity contribution is 9.10. The lowest BCUT2D eigenvalue weighted by molar-refractivity contribution is 0.0529. The van der Waals surface area contributed by atoms with Crippen molar-refractivity contribution >= 4 is 55.1 Å². The molecule has 0 atom stereocenters. The molecule has 152 valence electrons. The Morgan fingerprint density at radius 1 is 1.13 bits per heavy atom. The normalized spacial score (nSPS) is 10.9. The van der Waals surface area contributed by atoms with Crippen molar-refractivity contribution in [3.05, 3.63) is 75.3 Å². The molecule has 0 radical (unpaired) electrons. The number of benzene rings is 2. The van der Waals surface area contributed by atoms with Gasteiger partial charge in [0.15, 0.2) is 5.76 Å². The lowest BCUT2D eigenvalue weighted by atomic mass is 10.0. The number of amides is 1. The van der Waals surface area contributed by atoms with Crippen LogP contribution in [-0.4, -0.2) is 18.5 Å². The van der Waals surface area contributed by atoms with Crippen LogP contribution in [0.25, 0.3) is 22.1 Å². The number of fused-ring (bicyclic) bond motifs is 1. The van der Waals surface area contributed by atoms with Crippen LogP contribution in [0.1, 0.15) is 32.7 Å². The fourth-order valence-corrected chi connectivity index (χ4v) is 4.71. The van der Waals surface area contributed by atoms with E-state index < -0.39 is 11.9 Å². The Morgan fingerprint density at radius 2 is 1.90 bits per heavy atom. The third-order valence-corrected chi connectivity index (χ3v) is 6.07. The second-order valence-electron chi connectivity index (χ2n) is 6.57. The van der Waals surface area contributed by atoms with E-state index in [2.05, 4.69) is 21.2 Å². The van der Waals surface area contributed by atoms with E-state index in [4.69, 9.17) is 9.15 Å². The second-order valence-corrected chi connectivity index (χ2v) is 8.71. The van der Waals surface area contributed by atoms with E-state index in [1.165, 1.54) is 11.3 Å². The van der Waals surface area contributed by atoms with E-state index in [0.717, 1.165) is 25.9 Å². The molecule has 0 bridgehead atoms. The summed E-state index contributed by atoms with van der Waals surface area (Å²) in [4.78, 5) is 26.6.